The quantitative estimate of drug-likeness (QED) is 0.668. The lowest BCUT2D eigenvalue weighted by molar-refractivity contribution is -0.136. The van der Waals surface area contributed by atoms with Crippen LogP contribution in [0.15, 0.2) is 49.1 Å². The van der Waals surface area contributed by atoms with Gasteiger partial charge in [0.15, 0.2) is 0 Å². The summed E-state index contributed by atoms with van der Waals surface area (Å²) in [5, 5.41) is 10.9. The maximum absolute atomic E-state index is 10.9. The van der Waals surface area contributed by atoms with E-state index in [0.717, 1.165) is 5.56 Å². The molecule has 21 heavy (non-hydrogen) atoms. The minimum absolute atomic E-state index is 0.712. The van der Waals surface area contributed by atoms with Crippen LogP contribution < -0.4 is 4.74 Å². The summed E-state index contributed by atoms with van der Waals surface area (Å²) in [5.74, 6) is -0.225. The first-order valence-electron chi connectivity index (χ1n) is 6.57. The summed E-state index contributed by atoms with van der Waals surface area (Å²) >= 11 is 0. The van der Waals surface area contributed by atoms with E-state index in [1.807, 2.05) is 12.1 Å². The van der Waals surface area contributed by atoms with Gasteiger partial charge in [-0.2, -0.15) is 0 Å². The molecule has 0 bridgehead atoms. The molecule has 1 N–H and O–H groups in total. The fraction of sp³-hybridized carbons (Fsp3) is 0.294. The van der Waals surface area contributed by atoms with Crippen molar-refractivity contribution in [1.82, 2.24) is 0 Å². The van der Waals surface area contributed by atoms with Crippen molar-refractivity contribution in [3.8, 4) is 5.75 Å². The average Bonchev–Trinajstić information content (AvgIpc) is 2.55. The minimum Gasteiger partial charge on any atom is -0.497 e. The van der Waals surface area contributed by atoms with Crippen LogP contribution in [0.5, 0.6) is 5.75 Å². The van der Waals surface area contributed by atoms with E-state index in [-0.39, 0.29) is 0 Å². The molecule has 0 atom stereocenters. The number of methoxy groups -OCH3 is 3. The van der Waals surface area contributed by atoms with Crippen LogP contribution in [0.4, 0.5) is 0 Å². The number of ether oxygens (including phenoxy) is 3. The van der Waals surface area contributed by atoms with Crippen LogP contribution in [0.2, 0.25) is 0 Å². The van der Waals surface area contributed by atoms with Crippen LogP contribution in [0.1, 0.15) is 11.1 Å². The summed E-state index contributed by atoms with van der Waals surface area (Å²) in [7, 11) is 4.69. The van der Waals surface area contributed by atoms with E-state index in [4.69, 9.17) is 14.2 Å². The van der Waals surface area contributed by atoms with Crippen molar-refractivity contribution in [3.05, 3.63) is 60.2 Å². The molecule has 1 aliphatic rings. The predicted molar refractivity (Wildman–Crippen MR) is 82.0 cm³/mol. The molecule has 0 saturated carbocycles. The third-order valence-electron chi connectivity index (χ3n) is 3.69. The molecule has 4 heteroatoms. The van der Waals surface area contributed by atoms with Crippen molar-refractivity contribution < 1.29 is 19.3 Å². The first-order chi connectivity index (χ1) is 10.0. The average molecular weight is 288 g/mol. The van der Waals surface area contributed by atoms with Crippen molar-refractivity contribution in [2.24, 2.45) is 0 Å². The Hall–Kier alpha value is -1.88. The molecule has 1 aromatic carbocycles. The molecule has 0 aliphatic heterocycles. The molecule has 1 aromatic rings. The topological polar surface area (TPSA) is 47.9 Å². The zero-order valence-electron chi connectivity index (χ0n) is 12.5. The van der Waals surface area contributed by atoms with Crippen molar-refractivity contribution in [3.63, 3.8) is 0 Å². The third kappa shape index (κ3) is 2.78. The maximum atomic E-state index is 10.9. The second-order valence-electron chi connectivity index (χ2n) is 4.78. The third-order valence-corrected chi connectivity index (χ3v) is 3.69. The first-order valence-corrected chi connectivity index (χ1v) is 6.57. The van der Waals surface area contributed by atoms with Crippen molar-refractivity contribution >= 4 is 6.08 Å². The fourth-order valence-electron chi connectivity index (χ4n) is 2.33. The van der Waals surface area contributed by atoms with Crippen LogP contribution in [0.3, 0.4) is 0 Å². The minimum atomic E-state index is -1.24. The zero-order valence-corrected chi connectivity index (χ0v) is 12.5. The van der Waals surface area contributed by atoms with Crippen LogP contribution >= 0.6 is 0 Å². The lowest BCUT2D eigenvalue weighted by Gasteiger charge is -2.33. The van der Waals surface area contributed by atoms with Gasteiger partial charge in [0.05, 0.1) is 7.11 Å². The Kier molecular flexibility index (Phi) is 4.32. The van der Waals surface area contributed by atoms with E-state index in [0.29, 0.717) is 11.3 Å². The molecule has 2 rings (SSSR count). The SMILES string of the molecule is C=Cc1cc(OC)ccc1C1(O)C=CC(OC)(OC)C=C1. The van der Waals surface area contributed by atoms with Gasteiger partial charge in [-0.25, -0.2) is 0 Å². The van der Waals surface area contributed by atoms with E-state index in [1.165, 1.54) is 0 Å². The number of hydrogen-bond acceptors (Lipinski definition) is 4. The summed E-state index contributed by atoms with van der Waals surface area (Å²) in [6.07, 6.45) is 8.35. The smallest absolute Gasteiger partial charge is 0.207 e. The van der Waals surface area contributed by atoms with Gasteiger partial charge < -0.3 is 19.3 Å². The largest absolute Gasteiger partial charge is 0.497 e. The molecular weight excluding hydrogens is 268 g/mol. The standard InChI is InChI=1S/C17H20O4/c1-5-13-12-14(19-2)6-7-15(13)16(18)8-10-17(20-3,21-4)11-9-16/h5-12,18H,1H2,2-4H3. The lowest BCUT2D eigenvalue weighted by Crippen LogP contribution is -2.35. The Morgan fingerprint density at radius 1 is 1.05 bits per heavy atom. The van der Waals surface area contributed by atoms with Gasteiger partial charge in [0.2, 0.25) is 5.79 Å². The van der Waals surface area contributed by atoms with Gasteiger partial charge in [-0.1, -0.05) is 18.7 Å². The molecule has 4 nitrogen and oxygen atoms in total. The van der Waals surface area contributed by atoms with E-state index in [1.54, 1.807) is 57.8 Å². The molecule has 0 aromatic heterocycles. The molecule has 0 heterocycles. The van der Waals surface area contributed by atoms with E-state index in [2.05, 4.69) is 6.58 Å². The zero-order chi connectivity index (χ0) is 15.5. The fourth-order valence-corrected chi connectivity index (χ4v) is 2.33. The monoisotopic (exact) mass is 288 g/mol. The van der Waals surface area contributed by atoms with E-state index in [9.17, 15) is 5.11 Å². The summed E-state index contributed by atoms with van der Waals surface area (Å²) in [5.41, 5.74) is 0.274. The van der Waals surface area contributed by atoms with Gasteiger partial charge in [-0.05, 0) is 47.6 Å². The molecular formula is C17H20O4. The highest BCUT2D eigenvalue weighted by molar-refractivity contribution is 5.59. The summed E-state index contributed by atoms with van der Waals surface area (Å²) < 4.78 is 15.8. The number of rotatable bonds is 5. The molecule has 0 amide bonds. The molecule has 1 aliphatic carbocycles. The second-order valence-corrected chi connectivity index (χ2v) is 4.78. The molecule has 0 unspecified atom stereocenters. The normalized spacial score (nSPS) is 18.5. The molecule has 0 radical (unpaired) electrons. The molecule has 0 saturated heterocycles. The van der Waals surface area contributed by atoms with Crippen LogP contribution in [0.25, 0.3) is 6.08 Å². The highest BCUT2D eigenvalue weighted by atomic mass is 16.7. The van der Waals surface area contributed by atoms with Gasteiger partial charge >= 0.3 is 0 Å². The number of aliphatic hydroxyl groups is 1. The Labute approximate surface area is 125 Å². The van der Waals surface area contributed by atoms with Gasteiger partial charge in [0, 0.05) is 14.2 Å². The number of benzene rings is 1. The highest BCUT2D eigenvalue weighted by Crippen LogP contribution is 2.35. The highest BCUT2D eigenvalue weighted by Gasteiger charge is 2.34. The predicted octanol–water partition coefficient (Wildman–Crippen LogP) is 2.64. The molecule has 0 spiro atoms. The lowest BCUT2D eigenvalue weighted by atomic mass is 9.85. The van der Waals surface area contributed by atoms with Gasteiger partial charge in [0.25, 0.3) is 0 Å². The first kappa shape index (κ1) is 15.5. The Balaban J connectivity index is 2.44. The number of hydrogen-bond donors (Lipinski definition) is 1. The Morgan fingerprint density at radius 3 is 2.14 bits per heavy atom. The summed E-state index contributed by atoms with van der Waals surface area (Å²) in [6.45, 7) is 3.79. The second kappa shape index (κ2) is 5.85. The van der Waals surface area contributed by atoms with Crippen LogP contribution in [-0.4, -0.2) is 32.2 Å². The van der Waals surface area contributed by atoms with Crippen LogP contribution in [0, 0.1) is 0 Å². The van der Waals surface area contributed by atoms with Crippen molar-refractivity contribution in [2.45, 2.75) is 11.4 Å². The maximum Gasteiger partial charge on any atom is 0.207 e. The van der Waals surface area contributed by atoms with Crippen molar-refractivity contribution in [1.29, 1.82) is 0 Å². The Morgan fingerprint density at radius 2 is 1.67 bits per heavy atom. The van der Waals surface area contributed by atoms with Gasteiger partial charge in [0.1, 0.15) is 11.4 Å². The molecule has 0 fully saturated rings. The van der Waals surface area contributed by atoms with Gasteiger partial charge in [-0.15, -0.1) is 0 Å². The van der Waals surface area contributed by atoms with Gasteiger partial charge in [-0.3, -0.25) is 0 Å². The summed E-state index contributed by atoms with van der Waals surface area (Å²) in [6, 6.07) is 5.45. The van der Waals surface area contributed by atoms with Crippen molar-refractivity contribution in [2.75, 3.05) is 21.3 Å². The molecule has 112 valence electrons. The van der Waals surface area contributed by atoms with E-state index < -0.39 is 11.4 Å². The van der Waals surface area contributed by atoms with Crippen LogP contribution in [-0.2, 0) is 15.1 Å². The van der Waals surface area contributed by atoms with E-state index >= 15 is 0 Å². The summed E-state index contributed by atoms with van der Waals surface area (Å²) in [4.78, 5) is 0. The Bertz CT molecular complexity index is 566.